The van der Waals surface area contributed by atoms with Crippen LogP contribution in [0.25, 0.3) is 0 Å². The van der Waals surface area contributed by atoms with E-state index in [2.05, 4.69) is 89.6 Å². The van der Waals surface area contributed by atoms with Gasteiger partial charge in [0.15, 0.2) is 0 Å². The van der Waals surface area contributed by atoms with E-state index in [1.807, 2.05) is 14.1 Å². The molecule has 0 fully saturated rings. The van der Waals surface area contributed by atoms with Crippen LogP contribution in [-0.2, 0) is 4.87 Å². The molecule has 0 atom stereocenters. The molecule has 0 unspecified atom stereocenters. The maximum absolute atomic E-state index is 7.42. The van der Waals surface area contributed by atoms with Gasteiger partial charge in [0.05, 0.1) is 0 Å². The maximum Gasteiger partial charge on any atom is 0.123 e. The van der Waals surface area contributed by atoms with Gasteiger partial charge in [0, 0.05) is 49.3 Å². The molecule has 3 aromatic carbocycles. The van der Waals surface area contributed by atoms with E-state index in [-0.39, 0.29) is 0 Å². The minimum Gasteiger partial charge on any atom is -0.378 e. The number of fused-ring (bicyclic) bond motifs is 2. The molecule has 4 rings (SSSR count). The summed E-state index contributed by atoms with van der Waals surface area (Å²) in [5.74, 6) is 0. The molecule has 0 radical (unpaired) electrons. The molecule has 0 saturated heterocycles. The fourth-order valence-electron chi connectivity index (χ4n) is 3.69. The highest BCUT2D eigenvalue weighted by Crippen LogP contribution is 2.54. The highest BCUT2D eigenvalue weighted by atomic mass is 35.5. The van der Waals surface area contributed by atoms with Crippen LogP contribution in [-0.4, -0.2) is 21.1 Å². The van der Waals surface area contributed by atoms with E-state index in [1.165, 1.54) is 5.69 Å². The van der Waals surface area contributed by atoms with Crippen molar-refractivity contribution in [2.75, 3.05) is 30.9 Å². The minimum absolute atomic E-state index is 0.690. The largest absolute Gasteiger partial charge is 0.378 e. The topological polar surface area (TPSA) is 6.48 Å². The first kappa shape index (κ1) is 16.0. The fourth-order valence-corrected chi connectivity index (χ4v) is 4.14. The number of anilines is 3. The van der Waals surface area contributed by atoms with Gasteiger partial charge in [0.25, 0.3) is 0 Å². The number of para-hydroxylation sites is 2. The lowest BCUT2D eigenvalue weighted by Crippen LogP contribution is -2.32. The minimum atomic E-state index is -0.690. The van der Waals surface area contributed by atoms with Crippen LogP contribution in [0.15, 0.2) is 72.8 Å². The normalized spacial score (nSPS) is 14.6. The van der Waals surface area contributed by atoms with Crippen LogP contribution in [0.5, 0.6) is 0 Å². The van der Waals surface area contributed by atoms with Gasteiger partial charge in [-0.1, -0.05) is 48.5 Å². The van der Waals surface area contributed by atoms with Crippen molar-refractivity contribution in [1.29, 1.82) is 0 Å². The molecule has 0 aromatic heterocycles. The fraction of sp³-hybridized carbons (Fsp3) is 0.182. The third-order valence-corrected chi connectivity index (χ3v) is 5.68. The van der Waals surface area contributed by atoms with Gasteiger partial charge in [-0.25, -0.2) is 0 Å². The summed E-state index contributed by atoms with van der Waals surface area (Å²) in [5.41, 5.74) is 6.79. The second-order valence-corrected chi connectivity index (χ2v) is 7.26. The van der Waals surface area contributed by atoms with E-state index in [9.17, 15) is 0 Å². The van der Waals surface area contributed by atoms with Gasteiger partial charge in [0.2, 0.25) is 0 Å². The summed E-state index contributed by atoms with van der Waals surface area (Å²) in [5, 5.41) is 0. The summed E-state index contributed by atoms with van der Waals surface area (Å²) >= 11 is 7.42. The summed E-state index contributed by atoms with van der Waals surface area (Å²) in [6.07, 6.45) is 0. The van der Waals surface area contributed by atoms with E-state index >= 15 is 0 Å². The molecule has 1 aliphatic heterocycles. The Balaban J connectivity index is 1.98. The van der Waals surface area contributed by atoms with E-state index in [1.54, 1.807) is 0 Å². The Morgan fingerprint density at radius 1 is 0.760 bits per heavy atom. The number of hydrogen-bond acceptors (Lipinski definition) is 2. The van der Waals surface area contributed by atoms with Crippen molar-refractivity contribution >= 4 is 28.7 Å². The van der Waals surface area contributed by atoms with E-state index in [0.717, 1.165) is 28.1 Å². The Bertz CT molecular complexity index is 868. The van der Waals surface area contributed by atoms with Crippen LogP contribution in [0.2, 0.25) is 0 Å². The van der Waals surface area contributed by atoms with Crippen LogP contribution >= 0.6 is 11.6 Å². The molecule has 0 spiro atoms. The predicted molar refractivity (Wildman–Crippen MR) is 107 cm³/mol. The molecule has 0 N–H and O–H groups in total. The lowest BCUT2D eigenvalue weighted by atomic mass is 9.79. The average molecular weight is 349 g/mol. The van der Waals surface area contributed by atoms with E-state index in [0.29, 0.717) is 0 Å². The van der Waals surface area contributed by atoms with Crippen molar-refractivity contribution in [3.8, 4) is 0 Å². The van der Waals surface area contributed by atoms with Gasteiger partial charge in [-0.05, 0) is 29.8 Å². The highest BCUT2D eigenvalue weighted by molar-refractivity contribution is 6.29. The number of benzene rings is 3. The standard InChI is InChI=1S/C22H21ClN2/c1-24(2)17-14-12-16(13-15-17)22(23)18-8-4-6-10-20(18)25(3)21-11-7-5-9-19(21)22/h4-15H,1-3H3. The Kier molecular flexibility index (Phi) is 3.73. The Hall–Kier alpha value is -2.45. The van der Waals surface area contributed by atoms with Gasteiger partial charge in [0.1, 0.15) is 4.87 Å². The smallest absolute Gasteiger partial charge is 0.123 e. The third-order valence-electron chi connectivity index (χ3n) is 5.05. The Morgan fingerprint density at radius 3 is 1.72 bits per heavy atom. The van der Waals surface area contributed by atoms with E-state index in [4.69, 9.17) is 11.6 Å². The van der Waals surface area contributed by atoms with Crippen molar-refractivity contribution < 1.29 is 0 Å². The zero-order chi connectivity index (χ0) is 17.6. The second kappa shape index (κ2) is 5.82. The molecule has 1 aliphatic rings. The molecule has 25 heavy (non-hydrogen) atoms. The lowest BCUT2D eigenvalue weighted by Gasteiger charge is -2.41. The van der Waals surface area contributed by atoms with Crippen LogP contribution < -0.4 is 9.80 Å². The molecule has 3 aromatic rings. The molecule has 0 bridgehead atoms. The Labute approximate surface area is 154 Å². The van der Waals surface area contributed by atoms with Crippen molar-refractivity contribution in [2.45, 2.75) is 4.87 Å². The summed E-state index contributed by atoms with van der Waals surface area (Å²) in [6, 6.07) is 25.3. The second-order valence-electron chi connectivity index (χ2n) is 6.69. The van der Waals surface area contributed by atoms with Gasteiger partial charge < -0.3 is 9.80 Å². The molecular weight excluding hydrogens is 328 g/mol. The van der Waals surface area contributed by atoms with Crippen molar-refractivity contribution in [3.63, 3.8) is 0 Å². The molecule has 1 heterocycles. The zero-order valence-electron chi connectivity index (χ0n) is 14.7. The molecule has 0 amide bonds. The Morgan fingerprint density at radius 2 is 1.24 bits per heavy atom. The van der Waals surface area contributed by atoms with Gasteiger partial charge in [-0.15, -0.1) is 11.6 Å². The van der Waals surface area contributed by atoms with Crippen molar-refractivity contribution in [3.05, 3.63) is 89.5 Å². The third kappa shape index (κ3) is 2.32. The number of nitrogens with zero attached hydrogens (tertiary/aromatic N) is 2. The first-order valence-corrected chi connectivity index (χ1v) is 8.81. The molecule has 0 saturated carbocycles. The zero-order valence-corrected chi connectivity index (χ0v) is 15.5. The first-order chi connectivity index (χ1) is 12.0. The van der Waals surface area contributed by atoms with Gasteiger partial charge in [-0.2, -0.15) is 0 Å². The van der Waals surface area contributed by atoms with Crippen LogP contribution in [0.1, 0.15) is 16.7 Å². The summed E-state index contributed by atoms with van der Waals surface area (Å²) in [4.78, 5) is 3.63. The summed E-state index contributed by atoms with van der Waals surface area (Å²) in [6.45, 7) is 0. The maximum atomic E-state index is 7.42. The lowest BCUT2D eigenvalue weighted by molar-refractivity contribution is 0.845. The van der Waals surface area contributed by atoms with E-state index < -0.39 is 4.87 Å². The van der Waals surface area contributed by atoms with Crippen molar-refractivity contribution in [1.82, 2.24) is 0 Å². The summed E-state index contributed by atoms with van der Waals surface area (Å²) in [7, 11) is 6.20. The molecule has 3 heteroatoms. The monoisotopic (exact) mass is 348 g/mol. The molecule has 0 aliphatic carbocycles. The van der Waals surface area contributed by atoms with Crippen LogP contribution in [0.3, 0.4) is 0 Å². The van der Waals surface area contributed by atoms with Crippen molar-refractivity contribution in [2.24, 2.45) is 0 Å². The SMILES string of the molecule is CN(C)c1ccc(C2(Cl)c3ccccc3N(C)c3ccccc32)cc1. The molecule has 2 nitrogen and oxygen atoms in total. The van der Waals surface area contributed by atoms with Gasteiger partial charge >= 0.3 is 0 Å². The average Bonchev–Trinajstić information content (AvgIpc) is 2.66. The van der Waals surface area contributed by atoms with Crippen LogP contribution in [0, 0.1) is 0 Å². The highest BCUT2D eigenvalue weighted by Gasteiger charge is 2.42. The number of halogens is 1. The van der Waals surface area contributed by atoms with Gasteiger partial charge in [-0.3, -0.25) is 0 Å². The quantitative estimate of drug-likeness (QED) is 0.575. The summed E-state index contributed by atoms with van der Waals surface area (Å²) < 4.78 is 0. The van der Waals surface area contributed by atoms with Crippen LogP contribution in [0.4, 0.5) is 17.1 Å². The molecular formula is C22H21ClN2. The first-order valence-electron chi connectivity index (χ1n) is 8.43. The number of alkyl halides is 1. The number of hydrogen-bond donors (Lipinski definition) is 0. The molecule has 126 valence electrons. The predicted octanol–water partition coefficient (Wildman–Crippen LogP) is 5.36. The number of rotatable bonds is 2.